The number of rotatable bonds is 5. The lowest BCUT2D eigenvalue weighted by atomic mass is 10.2. The van der Waals surface area contributed by atoms with Gasteiger partial charge in [-0.3, -0.25) is 9.59 Å². The Morgan fingerprint density at radius 1 is 1.28 bits per heavy atom. The Kier molecular flexibility index (Phi) is 5.65. The van der Waals surface area contributed by atoms with E-state index in [1.165, 1.54) is 12.0 Å². The number of carbonyl (C=O) groups is 2. The molecule has 98 valence electrons. The van der Waals surface area contributed by atoms with E-state index in [1.807, 2.05) is 6.92 Å². The van der Waals surface area contributed by atoms with Gasteiger partial charge in [0.25, 0.3) is 5.91 Å². The van der Waals surface area contributed by atoms with Crippen molar-refractivity contribution in [1.29, 1.82) is 0 Å². The zero-order valence-corrected chi connectivity index (χ0v) is 11.2. The van der Waals surface area contributed by atoms with Gasteiger partial charge in [-0.05, 0) is 30.7 Å². The average Bonchev–Trinajstić information content (AvgIpc) is 2.38. The number of ether oxygens (including phenoxy) is 1. The van der Waals surface area contributed by atoms with Crippen molar-refractivity contribution < 1.29 is 14.3 Å². The summed E-state index contributed by atoms with van der Waals surface area (Å²) in [6.07, 6.45) is 0.774. The SMILES string of the molecule is CCCN(CC(=O)OC)C(=O)c1ccc(Cl)cc1. The average molecular weight is 270 g/mol. The molecule has 0 saturated heterocycles. The van der Waals surface area contributed by atoms with Crippen LogP contribution in [0.2, 0.25) is 5.02 Å². The number of benzene rings is 1. The van der Waals surface area contributed by atoms with Gasteiger partial charge in [-0.25, -0.2) is 0 Å². The maximum atomic E-state index is 12.2. The van der Waals surface area contributed by atoms with E-state index in [4.69, 9.17) is 11.6 Å². The molecule has 0 aromatic heterocycles. The quantitative estimate of drug-likeness (QED) is 0.771. The molecule has 0 heterocycles. The first-order valence-corrected chi connectivity index (χ1v) is 6.08. The highest BCUT2D eigenvalue weighted by Gasteiger charge is 2.18. The lowest BCUT2D eigenvalue weighted by Crippen LogP contribution is -2.36. The van der Waals surface area contributed by atoms with E-state index in [2.05, 4.69) is 4.74 Å². The predicted molar refractivity (Wildman–Crippen MR) is 69.7 cm³/mol. The molecule has 0 aliphatic carbocycles. The van der Waals surface area contributed by atoms with Gasteiger partial charge >= 0.3 is 5.97 Å². The number of amides is 1. The molecule has 0 N–H and O–H groups in total. The molecule has 1 rings (SSSR count). The number of halogens is 1. The van der Waals surface area contributed by atoms with Crippen LogP contribution in [0, 0.1) is 0 Å². The molecule has 0 fully saturated rings. The summed E-state index contributed by atoms with van der Waals surface area (Å²) in [6, 6.07) is 6.59. The fraction of sp³-hybridized carbons (Fsp3) is 0.385. The molecule has 0 unspecified atom stereocenters. The van der Waals surface area contributed by atoms with E-state index in [-0.39, 0.29) is 12.5 Å². The van der Waals surface area contributed by atoms with Gasteiger partial charge in [-0.15, -0.1) is 0 Å². The summed E-state index contributed by atoms with van der Waals surface area (Å²) in [6.45, 7) is 2.42. The van der Waals surface area contributed by atoms with Crippen LogP contribution in [0.1, 0.15) is 23.7 Å². The third-order valence-corrected chi connectivity index (χ3v) is 2.67. The molecule has 5 heteroatoms. The molecule has 1 aromatic carbocycles. The summed E-state index contributed by atoms with van der Waals surface area (Å²) < 4.78 is 4.58. The monoisotopic (exact) mass is 269 g/mol. The summed E-state index contributed by atoms with van der Waals surface area (Å²) in [7, 11) is 1.30. The molecule has 0 spiro atoms. The van der Waals surface area contributed by atoms with Crippen molar-refractivity contribution in [2.75, 3.05) is 20.2 Å². The fourth-order valence-corrected chi connectivity index (χ4v) is 1.64. The third kappa shape index (κ3) is 4.04. The van der Waals surface area contributed by atoms with Gasteiger partial charge in [0.05, 0.1) is 7.11 Å². The van der Waals surface area contributed by atoms with Crippen molar-refractivity contribution in [3.05, 3.63) is 34.9 Å². The number of hydrogen-bond donors (Lipinski definition) is 0. The van der Waals surface area contributed by atoms with Crippen LogP contribution in [0.4, 0.5) is 0 Å². The van der Waals surface area contributed by atoms with Crippen LogP contribution in [0.3, 0.4) is 0 Å². The van der Waals surface area contributed by atoms with E-state index < -0.39 is 5.97 Å². The summed E-state index contributed by atoms with van der Waals surface area (Å²) in [5.41, 5.74) is 0.511. The third-order valence-electron chi connectivity index (χ3n) is 2.42. The summed E-state index contributed by atoms with van der Waals surface area (Å²) in [4.78, 5) is 24.9. The molecule has 18 heavy (non-hydrogen) atoms. The molecular weight excluding hydrogens is 254 g/mol. The van der Waals surface area contributed by atoms with Crippen LogP contribution in [0.25, 0.3) is 0 Å². The molecule has 1 amide bonds. The Morgan fingerprint density at radius 3 is 2.39 bits per heavy atom. The Hall–Kier alpha value is -1.55. The lowest BCUT2D eigenvalue weighted by molar-refractivity contribution is -0.141. The highest BCUT2D eigenvalue weighted by molar-refractivity contribution is 6.30. The molecule has 0 aliphatic rings. The van der Waals surface area contributed by atoms with E-state index >= 15 is 0 Å². The van der Waals surface area contributed by atoms with Crippen molar-refractivity contribution in [3.8, 4) is 0 Å². The van der Waals surface area contributed by atoms with Gasteiger partial charge in [0, 0.05) is 17.1 Å². The molecule has 0 atom stereocenters. The van der Waals surface area contributed by atoms with Crippen molar-refractivity contribution in [2.45, 2.75) is 13.3 Å². The molecule has 0 aliphatic heterocycles. The standard InChI is InChI=1S/C13H16ClNO3/c1-3-8-15(9-12(16)18-2)13(17)10-4-6-11(14)7-5-10/h4-7H,3,8-9H2,1-2H3. The van der Waals surface area contributed by atoms with E-state index in [0.717, 1.165) is 6.42 Å². The van der Waals surface area contributed by atoms with Crippen LogP contribution in [-0.2, 0) is 9.53 Å². The fourth-order valence-electron chi connectivity index (χ4n) is 1.52. The van der Waals surface area contributed by atoms with E-state index in [0.29, 0.717) is 17.1 Å². The second kappa shape index (κ2) is 7.01. The Balaban J connectivity index is 2.81. The maximum absolute atomic E-state index is 12.2. The normalized spacial score (nSPS) is 9.94. The van der Waals surface area contributed by atoms with E-state index in [1.54, 1.807) is 24.3 Å². The maximum Gasteiger partial charge on any atom is 0.325 e. The zero-order valence-electron chi connectivity index (χ0n) is 10.5. The van der Waals surface area contributed by atoms with Gasteiger partial charge < -0.3 is 9.64 Å². The molecule has 0 radical (unpaired) electrons. The molecule has 1 aromatic rings. The van der Waals surface area contributed by atoms with Gasteiger partial charge in [0.1, 0.15) is 6.54 Å². The molecule has 4 nitrogen and oxygen atoms in total. The number of esters is 1. The van der Waals surface area contributed by atoms with Gasteiger partial charge in [-0.2, -0.15) is 0 Å². The predicted octanol–water partition coefficient (Wildman–Crippen LogP) is 2.37. The largest absolute Gasteiger partial charge is 0.468 e. The molecule has 0 saturated carbocycles. The van der Waals surface area contributed by atoms with Gasteiger partial charge in [0.15, 0.2) is 0 Å². The second-order valence-corrected chi connectivity index (χ2v) is 4.25. The topological polar surface area (TPSA) is 46.6 Å². The van der Waals surface area contributed by atoms with E-state index in [9.17, 15) is 9.59 Å². The van der Waals surface area contributed by atoms with Crippen molar-refractivity contribution >= 4 is 23.5 Å². The number of nitrogens with zero attached hydrogens (tertiary/aromatic N) is 1. The van der Waals surface area contributed by atoms with Crippen LogP contribution in [0.5, 0.6) is 0 Å². The highest BCUT2D eigenvalue weighted by Crippen LogP contribution is 2.12. The lowest BCUT2D eigenvalue weighted by Gasteiger charge is -2.20. The van der Waals surface area contributed by atoms with Gasteiger partial charge in [0.2, 0.25) is 0 Å². The van der Waals surface area contributed by atoms with Crippen LogP contribution < -0.4 is 0 Å². The van der Waals surface area contributed by atoms with Crippen LogP contribution in [0.15, 0.2) is 24.3 Å². The Labute approximate surface area is 111 Å². The number of methoxy groups -OCH3 is 1. The van der Waals surface area contributed by atoms with Crippen molar-refractivity contribution in [1.82, 2.24) is 4.90 Å². The molecule has 0 bridgehead atoms. The summed E-state index contributed by atoms with van der Waals surface area (Å²) >= 11 is 5.76. The van der Waals surface area contributed by atoms with Crippen molar-refractivity contribution in [2.24, 2.45) is 0 Å². The minimum Gasteiger partial charge on any atom is -0.468 e. The van der Waals surface area contributed by atoms with Crippen molar-refractivity contribution in [3.63, 3.8) is 0 Å². The first-order valence-electron chi connectivity index (χ1n) is 5.70. The number of carbonyl (C=O) groups excluding carboxylic acids is 2. The highest BCUT2D eigenvalue weighted by atomic mass is 35.5. The second-order valence-electron chi connectivity index (χ2n) is 3.81. The first kappa shape index (κ1) is 14.5. The first-order chi connectivity index (χ1) is 8.58. The minimum absolute atomic E-state index is 0.0359. The molecular formula is C13H16ClNO3. The van der Waals surface area contributed by atoms with Crippen LogP contribution in [-0.4, -0.2) is 37.0 Å². The zero-order chi connectivity index (χ0) is 13.5. The van der Waals surface area contributed by atoms with Crippen LogP contribution >= 0.6 is 11.6 Å². The Bertz CT molecular complexity index is 417. The smallest absolute Gasteiger partial charge is 0.325 e. The number of hydrogen-bond acceptors (Lipinski definition) is 3. The van der Waals surface area contributed by atoms with Gasteiger partial charge in [-0.1, -0.05) is 18.5 Å². The summed E-state index contributed by atoms with van der Waals surface area (Å²) in [5.74, 6) is -0.621. The minimum atomic E-state index is -0.425. The Morgan fingerprint density at radius 2 is 1.89 bits per heavy atom. The summed E-state index contributed by atoms with van der Waals surface area (Å²) in [5, 5.41) is 0.571.